The Morgan fingerprint density at radius 3 is 1.23 bits per heavy atom. The van der Waals surface area contributed by atoms with Crippen molar-refractivity contribution in [3.8, 4) is 0 Å². The summed E-state index contributed by atoms with van der Waals surface area (Å²) in [6, 6.07) is 0. The third-order valence-electron chi connectivity index (χ3n) is 3.40. The van der Waals surface area contributed by atoms with Crippen LogP contribution in [-0.2, 0) is 23.9 Å². The fourth-order valence-electron chi connectivity index (χ4n) is 1.74. The van der Waals surface area contributed by atoms with Crippen molar-refractivity contribution in [2.24, 2.45) is 0 Å². The predicted molar refractivity (Wildman–Crippen MR) is 65.6 cm³/mol. The molecule has 0 fully saturated rings. The van der Waals surface area contributed by atoms with Gasteiger partial charge >= 0.3 is 66.6 Å². The fraction of sp³-hybridized carbons (Fsp3) is 0.917. The fourth-order valence-corrected chi connectivity index (χ4v) is 1.74. The molecule has 0 saturated heterocycles. The summed E-state index contributed by atoms with van der Waals surface area (Å²) in [5.41, 5.74) is 0. The molecule has 39 heavy (non-hydrogen) atoms. The van der Waals surface area contributed by atoms with E-state index >= 15 is 0 Å². The summed E-state index contributed by atoms with van der Waals surface area (Å²) in [6.45, 7) is 0. The van der Waals surface area contributed by atoms with Crippen LogP contribution in [0.5, 0.6) is 0 Å². The van der Waals surface area contributed by atoms with Crippen LogP contribution in [0.1, 0.15) is 6.42 Å². The number of ether oxygens (including phenoxy) is 3. The molecule has 0 aliphatic carbocycles. The van der Waals surface area contributed by atoms with Crippen molar-refractivity contribution >= 4 is 5.97 Å². The Balaban J connectivity index is 6.86. The third kappa shape index (κ3) is 7.31. The second-order valence-electron chi connectivity index (χ2n) is 6.41. The van der Waals surface area contributed by atoms with E-state index in [1.165, 1.54) is 9.68 Å². The summed E-state index contributed by atoms with van der Waals surface area (Å²) in [4.78, 5) is 12.3. The first kappa shape index (κ1) is 36.8. The summed E-state index contributed by atoms with van der Waals surface area (Å²) in [5.74, 6) is -28.6. The van der Waals surface area contributed by atoms with Crippen LogP contribution in [0.15, 0.2) is 0 Å². The van der Waals surface area contributed by atoms with E-state index in [0.29, 0.717) is 0 Å². The molecule has 27 heteroatoms. The molecule has 0 radical (unpaired) electrons. The molecule has 0 aromatic carbocycles. The molecule has 0 amide bonds. The van der Waals surface area contributed by atoms with Crippen LogP contribution >= 0.6 is 0 Å². The number of carbonyl (C=O) groups excluding carboxylic acids is 1. The number of carbonyl (C=O) groups is 1. The standard InChI is InChI=1S/C12H2F22O5/c13-3(14,15)1-4(16,17)37-7(39-34,10(27,28)29)12(32,33)36-2(35)5(18,8(21,22)23)38-11(30,31)6(19,20)9(24,25)26/h1H2. The Labute approximate surface area is 195 Å². The lowest BCUT2D eigenvalue weighted by atomic mass is 10.2. The highest BCUT2D eigenvalue weighted by atomic mass is 19.4. The Kier molecular flexibility index (Phi) is 9.46. The number of halogens is 22. The molecule has 0 saturated carbocycles. The quantitative estimate of drug-likeness (QED) is 0.148. The van der Waals surface area contributed by atoms with Gasteiger partial charge in [0.05, 0.1) is 0 Å². The van der Waals surface area contributed by atoms with Crippen LogP contribution in [0.2, 0.25) is 0 Å². The summed E-state index contributed by atoms with van der Waals surface area (Å²) in [7, 11) is 0. The Bertz CT molecular complexity index is 869. The molecule has 0 aliphatic heterocycles. The molecular weight excluding hydrogens is 642 g/mol. The Hall–Kier alpha value is -2.19. The van der Waals surface area contributed by atoms with Gasteiger partial charge in [0, 0.05) is 0 Å². The van der Waals surface area contributed by atoms with Gasteiger partial charge in [-0.1, -0.05) is 0 Å². The normalized spacial score (nSPS) is 18.4. The molecule has 2 unspecified atom stereocenters. The minimum Gasteiger partial charge on any atom is -0.392 e. The maximum Gasteiger partial charge on any atom is 0.469 e. The van der Waals surface area contributed by atoms with E-state index in [2.05, 4.69) is 0 Å². The molecule has 0 spiro atoms. The summed E-state index contributed by atoms with van der Waals surface area (Å²) < 4.78 is 286. The zero-order valence-electron chi connectivity index (χ0n) is 16.6. The lowest BCUT2D eigenvalue weighted by molar-refractivity contribution is -0.563. The first-order valence-corrected chi connectivity index (χ1v) is 7.96. The predicted octanol–water partition coefficient (Wildman–Crippen LogP) is 6.88. The first-order chi connectivity index (χ1) is 16.6. The van der Waals surface area contributed by atoms with Crippen LogP contribution in [0, 0.1) is 0 Å². The number of rotatable bonds is 10. The minimum atomic E-state index is -7.99. The van der Waals surface area contributed by atoms with Gasteiger partial charge in [0.1, 0.15) is 6.42 Å². The van der Waals surface area contributed by atoms with Crippen LogP contribution < -0.4 is 0 Å². The Morgan fingerprint density at radius 2 is 0.949 bits per heavy atom. The van der Waals surface area contributed by atoms with Gasteiger partial charge in [-0.05, 0) is 4.53 Å². The van der Waals surface area contributed by atoms with Crippen molar-refractivity contribution in [3.05, 3.63) is 0 Å². The van der Waals surface area contributed by atoms with Crippen molar-refractivity contribution in [1.82, 2.24) is 0 Å². The molecule has 0 aromatic rings. The van der Waals surface area contributed by atoms with Crippen molar-refractivity contribution in [2.75, 3.05) is 0 Å². The van der Waals surface area contributed by atoms with Crippen molar-refractivity contribution < 1.29 is 121 Å². The van der Waals surface area contributed by atoms with Crippen molar-refractivity contribution in [3.63, 3.8) is 0 Å². The third-order valence-corrected chi connectivity index (χ3v) is 3.40. The van der Waals surface area contributed by atoms with Crippen molar-refractivity contribution in [2.45, 2.75) is 67.0 Å². The van der Waals surface area contributed by atoms with E-state index in [1.807, 2.05) is 4.74 Å². The lowest BCUT2D eigenvalue weighted by Crippen LogP contribution is -2.67. The number of alkyl halides is 21. The monoisotopic (exact) mass is 644 g/mol. The minimum absolute atomic E-state index is 1.23. The molecule has 0 rings (SSSR count). The van der Waals surface area contributed by atoms with Gasteiger partial charge in [-0.3, -0.25) is 9.47 Å². The molecular formula is C12H2F22O5. The van der Waals surface area contributed by atoms with Gasteiger partial charge in [0.15, 0.2) is 0 Å². The number of hydrogen-bond acceptors (Lipinski definition) is 5. The molecule has 0 aromatic heterocycles. The summed E-state index contributed by atoms with van der Waals surface area (Å²) in [6.07, 6.45) is -56.6. The van der Waals surface area contributed by atoms with Crippen molar-refractivity contribution in [1.29, 1.82) is 0 Å². The van der Waals surface area contributed by atoms with Gasteiger partial charge in [0.25, 0.3) is 0 Å². The zero-order valence-corrected chi connectivity index (χ0v) is 16.6. The molecule has 0 heterocycles. The Morgan fingerprint density at radius 1 is 0.538 bits per heavy atom. The number of hydrogen-bond donors (Lipinski definition) is 0. The highest BCUT2D eigenvalue weighted by Crippen LogP contribution is 2.54. The van der Waals surface area contributed by atoms with Gasteiger partial charge < -0.3 is 4.74 Å². The van der Waals surface area contributed by atoms with Gasteiger partial charge in [-0.15, -0.1) is 4.94 Å². The van der Waals surface area contributed by atoms with E-state index in [9.17, 15) is 102 Å². The molecule has 234 valence electrons. The maximum absolute atomic E-state index is 13.9. The molecule has 0 bridgehead atoms. The van der Waals surface area contributed by atoms with E-state index in [0.717, 1.165) is 0 Å². The zero-order chi connectivity index (χ0) is 32.1. The van der Waals surface area contributed by atoms with E-state index < -0.39 is 73.0 Å². The lowest BCUT2D eigenvalue weighted by Gasteiger charge is -2.39. The molecule has 0 N–H and O–H groups in total. The number of esters is 1. The van der Waals surface area contributed by atoms with Gasteiger partial charge in [-0.2, -0.15) is 92.2 Å². The van der Waals surface area contributed by atoms with Crippen LogP contribution in [0.4, 0.5) is 96.7 Å². The molecule has 5 nitrogen and oxygen atoms in total. The van der Waals surface area contributed by atoms with E-state index in [-0.39, 0.29) is 0 Å². The topological polar surface area (TPSA) is 54.0 Å². The molecule has 0 aliphatic rings. The average Bonchev–Trinajstić information content (AvgIpc) is 2.59. The smallest absolute Gasteiger partial charge is 0.392 e. The largest absolute Gasteiger partial charge is 0.469 e. The summed E-state index contributed by atoms with van der Waals surface area (Å²) >= 11 is 0. The second-order valence-corrected chi connectivity index (χ2v) is 6.41. The van der Waals surface area contributed by atoms with E-state index in [1.54, 1.807) is 4.74 Å². The van der Waals surface area contributed by atoms with Crippen LogP contribution in [-0.4, -0.2) is 66.6 Å². The van der Waals surface area contributed by atoms with E-state index in [4.69, 9.17) is 0 Å². The highest BCUT2D eigenvalue weighted by Gasteiger charge is 2.84. The SMILES string of the molecule is O=C(OC(F)(F)C(OF)(OC(F)(F)CC(F)(F)F)C(F)(F)F)C(F)(OC(F)(F)C(F)(F)C(F)(F)F)C(F)(F)F. The summed E-state index contributed by atoms with van der Waals surface area (Å²) in [5, 5.41) is 0. The maximum atomic E-state index is 13.9. The average molecular weight is 644 g/mol. The molecule has 2 atom stereocenters. The van der Waals surface area contributed by atoms with Gasteiger partial charge in [-0.25, -0.2) is 4.79 Å². The van der Waals surface area contributed by atoms with Crippen LogP contribution in [0.25, 0.3) is 0 Å². The highest BCUT2D eigenvalue weighted by molar-refractivity contribution is 5.79. The first-order valence-electron chi connectivity index (χ1n) is 7.96. The van der Waals surface area contributed by atoms with Gasteiger partial charge in [0.2, 0.25) is 0 Å². The van der Waals surface area contributed by atoms with Crippen LogP contribution in [0.3, 0.4) is 0 Å². The second kappa shape index (κ2) is 10.0.